The van der Waals surface area contributed by atoms with Crippen molar-refractivity contribution in [1.82, 2.24) is 5.32 Å². The van der Waals surface area contributed by atoms with E-state index in [9.17, 15) is 9.90 Å². The Morgan fingerprint density at radius 2 is 2.14 bits per heavy atom. The van der Waals surface area contributed by atoms with Crippen LogP contribution in [0.4, 0.5) is 0 Å². The van der Waals surface area contributed by atoms with Gasteiger partial charge in [-0.3, -0.25) is 0 Å². The molecule has 0 aliphatic heterocycles. The van der Waals surface area contributed by atoms with E-state index in [0.717, 1.165) is 31.2 Å². The number of phenols is 1. The zero-order valence-corrected chi connectivity index (χ0v) is 8.07. The number of para-hydroxylation sites is 1. The highest BCUT2D eigenvalue weighted by molar-refractivity contribution is 5.51. The number of aldehydes is 1. The number of benzene rings is 1. The number of hydrogen-bond acceptors (Lipinski definition) is 3. The number of hydrogen-bond donors (Lipinski definition) is 2. The van der Waals surface area contributed by atoms with Crippen molar-refractivity contribution in [3.8, 4) is 5.75 Å². The van der Waals surface area contributed by atoms with Gasteiger partial charge in [0.25, 0.3) is 0 Å². The van der Waals surface area contributed by atoms with E-state index in [2.05, 4.69) is 5.32 Å². The third kappa shape index (κ3) is 3.58. The van der Waals surface area contributed by atoms with Crippen LogP contribution in [0, 0.1) is 0 Å². The van der Waals surface area contributed by atoms with Crippen LogP contribution in [0.5, 0.6) is 5.75 Å². The van der Waals surface area contributed by atoms with Gasteiger partial charge in [0, 0.05) is 0 Å². The second-order valence-corrected chi connectivity index (χ2v) is 3.10. The Morgan fingerprint density at radius 3 is 2.86 bits per heavy atom. The van der Waals surface area contributed by atoms with E-state index in [1.54, 1.807) is 6.07 Å². The first-order valence-electron chi connectivity index (χ1n) is 4.76. The van der Waals surface area contributed by atoms with Crippen molar-refractivity contribution in [2.45, 2.75) is 12.8 Å². The van der Waals surface area contributed by atoms with Gasteiger partial charge in [0.2, 0.25) is 0 Å². The number of carbonyl (C=O) groups is 1. The van der Waals surface area contributed by atoms with Crippen molar-refractivity contribution < 1.29 is 9.90 Å². The molecule has 0 aliphatic rings. The average molecular weight is 193 g/mol. The van der Waals surface area contributed by atoms with Gasteiger partial charge in [-0.25, -0.2) is 0 Å². The summed E-state index contributed by atoms with van der Waals surface area (Å²) >= 11 is 0. The zero-order valence-electron chi connectivity index (χ0n) is 8.07. The zero-order chi connectivity index (χ0) is 10.2. The number of aryl methyl sites for hydroxylation is 1. The van der Waals surface area contributed by atoms with E-state index in [-0.39, 0.29) is 0 Å². The molecule has 3 nitrogen and oxygen atoms in total. The van der Waals surface area contributed by atoms with Crippen LogP contribution in [0.3, 0.4) is 0 Å². The van der Waals surface area contributed by atoms with E-state index in [1.165, 1.54) is 0 Å². The standard InChI is InChI=1S/C11H15NO2/c13-9-8-12-7-3-5-10-4-1-2-6-11(10)14/h1-2,4,6,9,12,14H,3,5,7-8H2. The highest BCUT2D eigenvalue weighted by Gasteiger charge is 1.98. The first-order valence-corrected chi connectivity index (χ1v) is 4.76. The van der Waals surface area contributed by atoms with E-state index >= 15 is 0 Å². The average Bonchev–Trinajstić information content (AvgIpc) is 2.20. The second-order valence-electron chi connectivity index (χ2n) is 3.10. The fourth-order valence-electron chi connectivity index (χ4n) is 1.29. The Hall–Kier alpha value is -1.35. The van der Waals surface area contributed by atoms with Crippen LogP contribution in [0.1, 0.15) is 12.0 Å². The Balaban J connectivity index is 2.24. The molecule has 0 saturated heterocycles. The molecule has 0 bridgehead atoms. The molecule has 0 fully saturated rings. The molecule has 1 aromatic rings. The van der Waals surface area contributed by atoms with Crippen LogP contribution in [0.2, 0.25) is 0 Å². The summed E-state index contributed by atoms with van der Waals surface area (Å²) in [5.74, 6) is 0.350. The lowest BCUT2D eigenvalue weighted by Crippen LogP contribution is -2.17. The monoisotopic (exact) mass is 193 g/mol. The maximum absolute atomic E-state index is 9.99. The minimum atomic E-state index is 0.350. The predicted octanol–water partition coefficient (Wildman–Crippen LogP) is 1.11. The summed E-state index contributed by atoms with van der Waals surface area (Å²) in [7, 11) is 0. The van der Waals surface area contributed by atoms with Gasteiger partial charge in [0.05, 0.1) is 6.54 Å². The summed E-state index contributed by atoms with van der Waals surface area (Å²) in [5.41, 5.74) is 0.959. The Morgan fingerprint density at radius 1 is 1.36 bits per heavy atom. The van der Waals surface area contributed by atoms with Gasteiger partial charge in [-0.1, -0.05) is 18.2 Å². The maximum Gasteiger partial charge on any atom is 0.133 e. The first kappa shape index (κ1) is 10.7. The van der Waals surface area contributed by atoms with Crippen molar-refractivity contribution in [2.24, 2.45) is 0 Å². The largest absolute Gasteiger partial charge is 0.508 e. The van der Waals surface area contributed by atoms with E-state index in [1.807, 2.05) is 18.2 Å². The van der Waals surface area contributed by atoms with Crippen LogP contribution in [-0.4, -0.2) is 24.5 Å². The van der Waals surface area contributed by atoms with Crippen LogP contribution < -0.4 is 5.32 Å². The summed E-state index contributed by atoms with van der Waals surface area (Å²) in [4.78, 5) is 9.99. The SMILES string of the molecule is O=CCNCCCc1ccccc1O. The van der Waals surface area contributed by atoms with Crippen LogP contribution in [0.25, 0.3) is 0 Å². The Kier molecular flexibility index (Phi) is 4.72. The summed E-state index contributed by atoms with van der Waals surface area (Å²) in [6.45, 7) is 1.20. The summed E-state index contributed by atoms with van der Waals surface area (Å²) < 4.78 is 0. The van der Waals surface area contributed by atoms with Gasteiger partial charge < -0.3 is 15.2 Å². The molecule has 0 aromatic heterocycles. The Bertz CT molecular complexity index is 286. The Labute approximate surface area is 83.8 Å². The molecule has 0 unspecified atom stereocenters. The van der Waals surface area contributed by atoms with Crippen LogP contribution >= 0.6 is 0 Å². The molecule has 76 valence electrons. The molecule has 0 radical (unpaired) electrons. The fraction of sp³-hybridized carbons (Fsp3) is 0.364. The molecule has 0 saturated carbocycles. The molecule has 2 N–H and O–H groups in total. The quantitative estimate of drug-likeness (QED) is 0.525. The van der Waals surface area contributed by atoms with Crippen molar-refractivity contribution in [3.63, 3.8) is 0 Å². The van der Waals surface area contributed by atoms with E-state index in [0.29, 0.717) is 12.3 Å². The van der Waals surface area contributed by atoms with Gasteiger partial charge in [-0.15, -0.1) is 0 Å². The minimum absolute atomic E-state index is 0.350. The van der Waals surface area contributed by atoms with Gasteiger partial charge >= 0.3 is 0 Å². The minimum Gasteiger partial charge on any atom is -0.508 e. The predicted molar refractivity (Wildman–Crippen MR) is 55.4 cm³/mol. The maximum atomic E-state index is 9.99. The summed E-state index contributed by atoms with van der Waals surface area (Å²) in [6.07, 6.45) is 2.60. The van der Waals surface area contributed by atoms with Crippen molar-refractivity contribution in [3.05, 3.63) is 29.8 Å². The number of aromatic hydroxyl groups is 1. The third-order valence-electron chi connectivity index (χ3n) is 2.02. The lowest BCUT2D eigenvalue weighted by molar-refractivity contribution is -0.107. The molecule has 0 atom stereocenters. The molecule has 3 heteroatoms. The topological polar surface area (TPSA) is 49.3 Å². The molecule has 1 aromatic carbocycles. The molecule has 0 heterocycles. The van der Waals surface area contributed by atoms with Crippen molar-refractivity contribution in [2.75, 3.05) is 13.1 Å². The number of nitrogens with one attached hydrogen (secondary N) is 1. The van der Waals surface area contributed by atoms with Crippen LogP contribution in [0.15, 0.2) is 24.3 Å². The molecular formula is C11H15NO2. The van der Waals surface area contributed by atoms with Crippen molar-refractivity contribution in [1.29, 1.82) is 0 Å². The van der Waals surface area contributed by atoms with E-state index < -0.39 is 0 Å². The molecule has 1 rings (SSSR count). The van der Waals surface area contributed by atoms with Gasteiger partial charge in [0.1, 0.15) is 12.0 Å². The van der Waals surface area contributed by atoms with Crippen LogP contribution in [-0.2, 0) is 11.2 Å². The molecule has 14 heavy (non-hydrogen) atoms. The molecule has 0 spiro atoms. The van der Waals surface area contributed by atoms with E-state index in [4.69, 9.17) is 0 Å². The number of phenolic OH excluding ortho intramolecular Hbond substituents is 1. The lowest BCUT2D eigenvalue weighted by Gasteiger charge is -2.03. The van der Waals surface area contributed by atoms with Gasteiger partial charge in [-0.2, -0.15) is 0 Å². The normalized spacial score (nSPS) is 10.0. The summed E-state index contributed by atoms with van der Waals surface area (Å²) in [5, 5.41) is 12.4. The molecule has 0 aliphatic carbocycles. The smallest absolute Gasteiger partial charge is 0.133 e. The first-order chi connectivity index (χ1) is 6.84. The van der Waals surface area contributed by atoms with Crippen molar-refractivity contribution >= 4 is 6.29 Å². The lowest BCUT2D eigenvalue weighted by atomic mass is 10.1. The third-order valence-corrected chi connectivity index (χ3v) is 2.02. The summed E-state index contributed by atoms with van der Waals surface area (Å²) in [6, 6.07) is 7.32. The highest BCUT2D eigenvalue weighted by atomic mass is 16.3. The highest BCUT2D eigenvalue weighted by Crippen LogP contribution is 2.16. The van der Waals surface area contributed by atoms with Gasteiger partial charge in [0.15, 0.2) is 0 Å². The molecule has 0 amide bonds. The second kappa shape index (κ2) is 6.16. The number of carbonyl (C=O) groups excluding carboxylic acids is 1. The molecular weight excluding hydrogens is 178 g/mol. The fourth-order valence-corrected chi connectivity index (χ4v) is 1.29. The number of rotatable bonds is 6. The van der Waals surface area contributed by atoms with Gasteiger partial charge in [-0.05, 0) is 31.0 Å².